The molecule has 4 nitrogen and oxygen atoms in total. The lowest BCUT2D eigenvalue weighted by atomic mass is 10.2. The summed E-state index contributed by atoms with van der Waals surface area (Å²) in [7, 11) is 0.552. The number of unbranched alkanes of at least 4 members (excludes halogenated alkanes) is 1. The van der Waals surface area contributed by atoms with Crippen LogP contribution in [0.1, 0.15) is 19.3 Å². The smallest absolute Gasteiger partial charge is 0.209 e. The van der Waals surface area contributed by atoms with Crippen LogP contribution in [0.3, 0.4) is 0 Å². The molecule has 0 aliphatic heterocycles. The Morgan fingerprint density at radius 1 is 1.38 bits per heavy atom. The molecule has 0 unspecified atom stereocenters. The van der Waals surface area contributed by atoms with Crippen LogP contribution < -0.4 is 5.14 Å². The number of hydrogen-bond donors (Lipinski definition) is 1. The van der Waals surface area contributed by atoms with Crippen LogP contribution in [0.25, 0.3) is 0 Å². The van der Waals surface area contributed by atoms with Gasteiger partial charge in [-0.3, -0.25) is 0 Å². The molecule has 0 atom stereocenters. The summed E-state index contributed by atoms with van der Waals surface area (Å²) in [5.41, 5.74) is 1.01. The van der Waals surface area contributed by atoms with Gasteiger partial charge < -0.3 is 4.90 Å². The van der Waals surface area contributed by atoms with Gasteiger partial charge in [0.2, 0.25) is 10.0 Å². The van der Waals surface area contributed by atoms with E-state index in [-0.39, 0.29) is 5.75 Å². The zero-order chi connectivity index (χ0) is 10.5. The first kappa shape index (κ1) is 12.4. The molecular weight excluding hydrogens is 188 g/mol. The Bertz CT molecular complexity index is 257. The zero-order valence-electron chi connectivity index (χ0n) is 8.28. The maximum Gasteiger partial charge on any atom is 0.209 e. The van der Waals surface area contributed by atoms with Gasteiger partial charge in [-0.1, -0.05) is 6.58 Å². The number of allylic oxidation sites excluding steroid dienone is 1. The van der Waals surface area contributed by atoms with E-state index < -0.39 is 10.0 Å². The molecule has 0 amide bonds. The highest BCUT2D eigenvalue weighted by Gasteiger charge is 2.02. The number of sulfonamides is 1. The Morgan fingerprint density at radius 3 is 2.31 bits per heavy atom. The van der Waals surface area contributed by atoms with Crippen molar-refractivity contribution in [2.45, 2.75) is 19.3 Å². The molecule has 5 heteroatoms. The summed E-state index contributed by atoms with van der Waals surface area (Å²) in [5, 5.41) is 4.85. The molecule has 0 radical (unpaired) electrons. The molecule has 0 aromatic rings. The fourth-order valence-corrected chi connectivity index (χ4v) is 1.46. The Kier molecular flexibility index (Phi) is 5.02. The molecule has 0 saturated heterocycles. The Morgan fingerprint density at radius 2 is 1.92 bits per heavy atom. The third-order valence-electron chi connectivity index (χ3n) is 1.78. The zero-order valence-corrected chi connectivity index (χ0v) is 9.10. The molecule has 0 heterocycles. The molecule has 0 bridgehead atoms. The molecule has 0 aliphatic rings. The normalized spacial score (nSPS) is 11.3. The minimum Gasteiger partial charge on any atom is -0.381 e. The standard InChI is InChI=1S/C8H18N2O2S/c1-8(10(2)3)6-4-5-7-13(9,11)12/h1,4-7H2,2-3H3,(H2,9,11,12). The maximum atomic E-state index is 10.6. The summed E-state index contributed by atoms with van der Waals surface area (Å²) in [5.74, 6) is 0.0632. The van der Waals surface area contributed by atoms with Crippen molar-refractivity contribution in [1.82, 2.24) is 4.90 Å². The van der Waals surface area contributed by atoms with Gasteiger partial charge >= 0.3 is 0 Å². The molecule has 78 valence electrons. The van der Waals surface area contributed by atoms with Crippen LogP contribution in [0.4, 0.5) is 0 Å². The van der Waals surface area contributed by atoms with E-state index in [1.165, 1.54) is 0 Å². The fourth-order valence-electron chi connectivity index (χ4n) is 0.856. The Hall–Kier alpha value is -0.550. The summed E-state index contributed by atoms with van der Waals surface area (Å²) < 4.78 is 21.1. The monoisotopic (exact) mass is 206 g/mol. The van der Waals surface area contributed by atoms with Gasteiger partial charge in [-0.25, -0.2) is 13.6 Å². The van der Waals surface area contributed by atoms with E-state index in [1.54, 1.807) is 0 Å². The van der Waals surface area contributed by atoms with Crippen molar-refractivity contribution >= 4 is 10.0 Å². The van der Waals surface area contributed by atoms with Crippen molar-refractivity contribution in [3.63, 3.8) is 0 Å². The summed E-state index contributed by atoms with van der Waals surface area (Å²) in [6.45, 7) is 3.83. The number of nitrogens with zero attached hydrogens (tertiary/aromatic N) is 1. The van der Waals surface area contributed by atoms with E-state index in [0.717, 1.165) is 18.5 Å². The summed E-state index contributed by atoms with van der Waals surface area (Å²) >= 11 is 0. The summed E-state index contributed by atoms with van der Waals surface area (Å²) in [4.78, 5) is 1.93. The lowest BCUT2D eigenvalue weighted by Crippen LogP contribution is -2.16. The van der Waals surface area contributed by atoms with Gasteiger partial charge in [0.25, 0.3) is 0 Å². The lowest BCUT2D eigenvalue weighted by molar-refractivity contribution is 0.481. The highest BCUT2D eigenvalue weighted by atomic mass is 32.2. The minimum absolute atomic E-state index is 0.0632. The second kappa shape index (κ2) is 5.24. The third-order valence-corrected chi connectivity index (χ3v) is 2.63. The molecule has 0 aliphatic carbocycles. The van der Waals surface area contributed by atoms with Crippen LogP contribution in [-0.4, -0.2) is 33.2 Å². The first-order valence-electron chi connectivity index (χ1n) is 4.18. The lowest BCUT2D eigenvalue weighted by Gasteiger charge is -2.14. The average molecular weight is 206 g/mol. The molecule has 0 rings (SSSR count). The second-order valence-corrected chi connectivity index (χ2v) is 5.02. The van der Waals surface area contributed by atoms with Crippen LogP contribution >= 0.6 is 0 Å². The van der Waals surface area contributed by atoms with E-state index in [1.807, 2.05) is 19.0 Å². The largest absolute Gasteiger partial charge is 0.381 e. The highest BCUT2D eigenvalue weighted by Crippen LogP contribution is 2.07. The van der Waals surface area contributed by atoms with E-state index in [0.29, 0.717) is 6.42 Å². The van der Waals surface area contributed by atoms with Crippen LogP contribution in [0.5, 0.6) is 0 Å². The van der Waals surface area contributed by atoms with Gasteiger partial charge in [0.15, 0.2) is 0 Å². The topological polar surface area (TPSA) is 63.4 Å². The highest BCUT2D eigenvalue weighted by molar-refractivity contribution is 7.89. The van der Waals surface area contributed by atoms with Gasteiger partial charge in [-0.2, -0.15) is 0 Å². The van der Waals surface area contributed by atoms with Gasteiger partial charge in [0, 0.05) is 19.8 Å². The fraction of sp³-hybridized carbons (Fsp3) is 0.750. The van der Waals surface area contributed by atoms with Gasteiger partial charge in [-0.15, -0.1) is 0 Å². The predicted molar refractivity (Wildman–Crippen MR) is 54.7 cm³/mol. The maximum absolute atomic E-state index is 10.6. The SMILES string of the molecule is C=C(CCCCS(N)(=O)=O)N(C)C. The minimum atomic E-state index is -3.29. The van der Waals surface area contributed by atoms with Crippen LogP contribution in [-0.2, 0) is 10.0 Å². The predicted octanol–water partition coefficient (Wildman–Crippen LogP) is 0.521. The number of hydrogen-bond acceptors (Lipinski definition) is 3. The van der Waals surface area contributed by atoms with Crippen LogP contribution in [0.2, 0.25) is 0 Å². The van der Waals surface area contributed by atoms with E-state index in [9.17, 15) is 8.42 Å². The quantitative estimate of drug-likeness (QED) is 0.644. The van der Waals surface area contributed by atoms with Crippen molar-refractivity contribution in [2.24, 2.45) is 5.14 Å². The number of rotatable bonds is 6. The third kappa shape index (κ3) is 7.80. The van der Waals surface area contributed by atoms with Crippen LogP contribution in [0, 0.1) is 0 Å². The van der Waals surface area contributed by atoms with Crippen LogP contribution in [0.15, 0.2) is 12.3 Å². The van der Waals surface area contributed by atoms with E-state index in [2.05, 4.69) is 6.58 Å². The van der Waals surface area contributed by atoms with Crippen molar-refractivity contribution in [3.8, 4) is 0 Å². The van der Waals surface area contributed by atoms with Crippen molar-refractivity contribution in [2.75, 3.05) is 19.8 Å². The molecular formula is C8H18N2O2S. The number of nitrogens with two attached hydrogens (primary N) is 1. The van der Waals surface area contributed by atoms with Gasteiger partial charge in [0.05, 0.1) is 5.75 Å². The molecule has 0 spiro atoms. The first-order chi connectivity index (χ1) is 5.83. The Balaban J connectivity index is 3.53. The van der Waals surface area contributed by atoms with Crippen molar-refractivity contribution in [1.29, 1.82) is 0 Å². The molecule has 0 aromatic heterocycles. The number of primary sulfonamides is 1. The summed E-state index contributed by atoms with van der Waals surface area (Å²) in [6.07, 6.45) is 2.24. The van der Waals surface area contributed by atoms with Gasteiger partial charge in [0.1, 0.15) is 0 Å². The van der Waals surface area contributed by atoms with Crippen molar-refractivity contribution in [3.05, 3.63) is 12.3 Å². The molecule has 0 fully saturated rings. The second-order valence-electron chi connectivity index (χ2n) is 3.28. The van der Waals surface area contributed by atoms with E-state index >= 15 is 0 Å². The molecule has 13 heavy (non-hydrogen) atoms. The first-order valence-corrected chi connectivity index (χ1v) is 5.90. The van der Waals surface area contributed by atoms with Crippen molar-refractivity contribution < 1.29 is 8.42 Å². The van der Waals surface area contributed by atoms with Gasteiger partial charge in [-0.05, 0) is 19.3 Å². The van der Waals surface area contributed by atoms with E-state index in [4.69, 9.17) is 5.14 Å². The average Bonchev–Trinajstić information content (AvgIpc) is 1.95. The summed E-state index contributed by atoms with van der Waals surface area (Å²) in [6, 6.07) is 0. The molecule has 0 aromatic carbocycles. The molecule has 2 N–H and O–H groups in total. The Labute approximate surface area is 80.5 Å². The molecule has 0 saturated carbocycles.